The number of hydrogen-bond donors (Lipinski definition) is 3. The Morgan fingerprint density at radius 1 is 1.62 bits per heavy atom. The third kappa shape index (κ3) is 2.88. The van der Waals surface area contributed by atoms with Gasteiger partial charge in [-0.25, -0.2) is 4.79 Å². The fraction of sp³-hybridized carbons (Fsp3) is 0.889. The second kappa shape index (κ2) is 3.96. The lowest BCUT2D eigenvalue weighted by Crippen LogP contribution is -2.46. The van der Waals surface area contributed by atoms with E-state index in [1.807, 2.05) is 0 Å². The van der Waals surface area contributed by atoms with Gasteiger partial charge in [-0.1, -0.05) is 12.8 Å². The molecule has 1 saturated carbocycles. The van der Waals surface area contributed by atoms with E-state index in [0.717, 1.165) is 12.8 Å². The molecule has 0 aromatic heterocycles. The summed E-state index contributed by atoms with van der Waals surface area (Å²) in [4.78, 5) is 10.5. The molecule has 0 saturated heterocycles. The van der Waals surface area contributed by atoms with Crippen molar-refractivity contribution in [1.29, 1.82) is 0 Å². The van der Waals surface area contributed by atoms with Gasteiger partial charge in [-0.15, -0.1) is 0 Å². The van der Waals surface area contributed by atoms with Gasteiger partial charge in [-0.3, -0.25) is 0 Å². The van der Waals surface area contributed by atoms with E-state index < -0.39 is 11.6 Å². The summed E-state index contributed by atoms with van der Waals surface area (Å²) in [5.74, 6) is 0.305. The van der Waals surface area contributed by atoms with Crippen LogP contribution in [0, 0.1) is 5.92 Å². The highest BCUT2D eigenvalue weighted by molar-refractivity contribution is 5.71. The van der Waals surface area contributed by atoms with E-state index >= 15 is 0 Å². The number of amides is 2. The molecule has 1 unspecified atom stereocenters. The Labute approximate surface area is 78.5 Å². The minimum absolute atomic E-state index is 0.257. The van der Waals surface area contributed by atoms with Crippen molar-refractivity contribution in [1.82, 2.24) is 5.32 Å². The molecule has 0 radical (unpaired) electrons. The average Bonchev–Trinajstić information content (AvgIpc) is 2.53. The van der Waals surface area contributed by atoms with Gasteiger partial charge in [0.05, 0.1) is 5.60 Å². The van der Waals surface area contributed by atoms with E-state index in [4.69, 9.17) is 5.73 Å². The summed E-state index contributed by atoms with van der Waals surface area (Å²) < 4.78 is 0. The summed E-state index contributed by atoms with van der Waals surface area (Å²) >= 11 is 0. The minimum Gasteiger partial charge on any atom is -0.388 e. The van der Waals surface area contributed by atoms with Crippen molar-refractivity contribution < 1.29 is 9.90 Å². The summed E-state index contributed by atoms with van der Waals surface area (Å²) in [5.41, 5.74) is 4.14. The Morgan fingerprint density at radius 3 is 2.62 bits per heavy atom. The zero-order chi connectivity index (χ0) is 9.90. The number of hydrogen-bond acceptors (Lipinski definition) is 2. The molecule has 76 valence electrons. The lowest BCUT2D eigenvalue weighted by atomic mass is 9.88. The number of aliphatic hydroxyl groups is 1. The molecule has 0 bridgehead atoms. The number of nitrogens with one attached hydrogen (secondary N) is 1. The van der Waals surface area contributed by atoms with E-state index in [9.17, 15) is 9.90 Å². The molecule has 4 N–H and O–H groups in total. The fourth-order valence-electron chi connectivity index (χ4n) is 1.96. The first kappa shape index (κ1) is 10.3. The van der Waals surface area contributed by atoms with Crippen LogP contribution < -0.4 is 11.1 Å². The zero-order valence-electron chi connectivity index (χ0n) is 8.05. The molecule has 0 aliphatic heterocycles. The molecular weight excluding hydrogens is 168 g/mol. The molecule has 0 spiro atoms. The molecule has 2 amide bonds. The van der Waals surface area contributed by atoms with Gasteiger partial charge in [0.25, 0.3) is 0 Å². The van der Waals surface area contributed by atoms with Crippen LogP contribution in [0.2, 0.25) is 0 Å². The van der Waals surface area contributed by atoms with E-state index in [0.29, 0.717) is 5.92 Å². The molecule has 1 atom stereocenters. The van der Waals surface area contributed by atoms with E-state index in [1.54, 1.807) is 6.92 Å². The number of nitrogens with two attached hydrogens (primary N) is 1. The summed E-state index contributed by atoms with van der Waals surface area (Å²) in [6.07, 6.45) is 4.45. The van der Waals surface area contributed by atoms with Crippen LogP contribution in [-0.2, 0) is 0 Å². The van der Waals surface area contributed by atoms with E-state index in [1.165, 1.54) is 12.8 Å². The van der Waals surface area contributed by atoms with Gasteiger partial charge in [0.1, 0.15) is 0 Å². The summed E-state index contributed by atoms with van der Waals surface area (Å²) in [5, 5.41) is 12.4. The van der Waals surface area contributed by atoms with Crippen LogP contribution in [0.25, 0.3) is 0 Å². The molecule has 13 heavy (non-hydrogen) atoms. The maximum absolute atomic E-state index is 10.5. The van der Waals surface area contributed by atoms with Gasteiger partial charge in [0.15, 0.2) is 0 Å². The van der Waals surface area contributed by atoms with E-state index in [-0.39, 0.29) is 6.54 Å². The lowest BCUT2D eigenvalue weighted by molar-refractivity contribution is 0.00494. The molecule has 4 heteroatoms. The number of rotatable bonds is 3. The Kier molecular flexibility index (Phi) is 3.14. The van der Waals surface area contributed by atoms with Crippen molar-refractivity contribution in [3.8, 4) is 0 Å². The summed E-state index contributed by atoms with van der Waals surface area (Å²) in [7, 11) is 0. The third-order valence-corrected chi connectivity index (χ3v) is 2.86. The first-order valence-electron chi connectivity index (χ1n) is 4.78. The SMILES string of the molecule is CC(O)(CNC(N)=O)C1CCCC1. The van der Waals surface area contributed by atoms with Crippen LogP contribution in [0.15, 0.2) is 0 Å². The standard InChI is InChI=1S/C9H18N2O2/c1-9(13,6-11-8(10)12)7-4-2-3-5-7/h7,13H,2-6H2,1H3,(H3,10,11,12). The molecule has 1 rings (SSSR count). The zero-order valence-corrected chi connectivity index (χ0v) is 8.05. The number of primary amides is 1. The Hall–Kier alpha value is -0.770. The molecule has 1 fully saturated rings. The average molecular weight is 186 g/mol. The fourth-order valence-corrected chi connectivity index (χ4v) is 1.96. The molecule has 1 aliphatic rings. The minimum atomic E-state index is -0.800. The van der Waals surface area contributed by atoms with Crippen LogP contribution in [0.4, 0.5) is 4.79 Å². The van der Waals surface area contributed by atoms with E-state index in [2.05, 4.69) is 5.32 Å². The van der Waals surface area contributed by atoms with Crippen LogP contribution in [0.3, 0.4) is 0 Å². The number of carbonyl (C=O) groups excluding carboxylic acids is 1. The van der Waals surface area contributed by atoms with Crippen molar-refractivity contribution in [2.75, 3.05) is 6.54 Å². The lowest BCUT2D eigenvalue weighted by Gasteiger charge is -2.29. The number of urea groups is 1. The van der Waals surface area contributed by atoms with Gasteiger partial charge >= 0.3 is 6.03 Å². The highest BCUT2D eigenvalue weighted by Crippen LogP contribution is 2.33. The second-order valence-corrected chi connectivity index (χ2v) is 4.06. The highest BCUT2D eigenvalue weighted by atomic mass is 16.3. The van der Waals surface area contributed by atoms with Crippen molar-refractivity contribution in [2.45, 2.75) is 38.2 Å². The molecule has 0 aromatic carbocycles. The van der Waals surface area contributed by atoms with Crippen LogP contribution in [0.5, 0.6) is 0 Å². The quantitative estimate of drug-likeness (QED) is 0.603. The topological polar surface area (TPSA) is 75.3 Å². The van der Waals surface area contributed by atoms with Crippen molar-refractivity contribution in [2.24, 2.45) is 11.7 Å². The van der Waals surface area contributed by atoms with Gasteiger partial charge in [-0.05, 0) is 25.7 Å². The molecule has 0 aromatic rings. The monoisotopic (exact) mass is 186 g/mol. The Bertz CT molecular complexity index is 186. The van der Waals surface area contributed by atoms with Crippen LogP contribution >= 0.6 is 0 Å². The van der Waals surface area contributed by atoms with Crippen LogP contribution in [-0.4, -0.2) is 23.3 Å². The van der Waals surface area contributed by atoms with Gasteiger partial charge in [0.2, 0.25) is 0 Å². The van der Waals surface area contributed by atoms with Gasteiger partial charge in [0, 0.05) is 6.54 Å². The first-order valence-corrected chi connectivity index (χ1v) is 4.78. The maximum atomic E-state index is 10.5. The highest BCUT2D eigenvalue weighted by Gasteiger charge is 2.33. The molecule has 0 heterocycles. The predicted octanol–water partition coefficient (Wildman–Crippen LogP) is 0.596. The van der Waals surface area contributed by atoms with Crippen molar-refractivity contribution >= 4 is 6.03 Å². The third-order valence-electron chi connectivity index (χ3n) is 2.86. The van der Waals surface area contributed by atoms with Crippen LogP contribution in [0.1, 0.15) is 32.6 Å². The summed E-state index contributed by atoms with van der Waals surface area (Å²) in [6, 6.07) is -0.571. The molecule has 4 nitrogen and oxygen atoms in total. The van der Waals surface area contributed by atoms with Gasteiger partial charge in [-0.2, -0.15) is 0 Å². The second-order valence-electron chi connectivity index (χ2n) is 4.06. The Morgan fingerprint density at radius 2 is 2.15 bits per heavy atom. The smallest absolute Gasteiger partial charge is 0.312 e. The molecular formula is C9H18N2O2. The normalized spacial score (nSPS) is 22.6. The summed E-state index contributed by atoms with van der Waals surface area (Å²) in [6.45, 7) is 2.02. The van der Waals surface area contributed by atoms with Gasteiger partial charge < -0.3 is 16.2 Å². The predicted molar refractivity (Wildman–Crippen MR) is 50.2 cm³/mol. The largest absolute Gasteiger partial charge is 0.388 e. The first-order chi connectivity index (χ1) is 6.02. The van der Waals surface area contributed by atoms with Crippen molar-refractivity contribution in [3.63, 3.8) is 0 Å². The molecule has 1 aliphatic carbocycles. The number of carbonyl (C=O) groups is 1. The van der Waals surface area contributed by atoms with Crippen molar-refractivity contribution in [3.05, 3.63) is 0 Å². The Balaban J connectivity index is 2.39. The maximum Gasteiger partial charge on any atom is 0.312 e.